The van der Waals surface area contributed by atoms with Crippen LogP contribution in [0.4, 0.5) is 5.69 Å². The van der Waals surface area contributed by atoms with E-state index in [-0.39, 0.29) is 17.3 Å². The summed E-state index contributed by atoms with van der Waals surface area (Å²) >= 11 is 6.08. The molecule has 5 nitrogen and oxygen atoms in total. The van der Waals surface area contributed by atoms with Gasteiger partial charge in [0, 0.05) is 5.56 Å². The molecule has 0 aliphatic rings. The van der Waals surface area contributed by atoms with E-state index in [0.29, 0.717) is 17.0 Å². The number of aryl methyl sites for hydroxylation is 1. The average molecular weight is 432 g/mol. The molecule has 0 fully saturated rings. The fourth-order valence-corrected chi connectivity index (χ4v) is 4.32. The van der Waals surface area contributed by atoms with Gasteiger partial charge in [-0.1, -0.05) is 54.1 Å². The molecular formula is C22H22ClNO4S. The Hall–Kier alpha value is -2.70. The van der Waals surface area contributed by atoms with Crippen molar-refractivity contribution < 1.29 is 18.3 Å². The van der Waals surface area contributed by atoms with E-state index in [4.69, 9.17) is 16.3 Å². The van der Waals surface area contributed by atoms with Crippen LogP contribution in [-0.2, 0) is 16.6 Å². The monoisotopic (exact) mass is 431 g/mol. The van der Waals surface area contributed by atoms with E-state index in [2.05, 4.69) is 0 Å². The van der Waals surface area contributed by atoms with Gasteiger partial charge >= 0.3 is 0 Å². The summed E-state index contributed by atoms with van der Waals surface area (Å²) in [6.07, 6.45) is 1.12. The Labute approximate surface area is 176 Å². The topological polar surface area (TPSA) is 66.8 Å². The summed E-state index contributed by atoms with van der Waals surface area (Å²) in [7, 11) is -2.20. The minimum absolute atomic E-state index is 0.0827. The number of hydrogen-bond acceptors (Lipinski definition) is 4. The number of phenolic OH excluding ortho intramolecular Hbond substituents is 1. The van der Waals surface area contributed by atoms with Crippen LogP contribution in [0.2, 0.25) is 5.02 Å². The summed E-state index contributed by atoms with van der Waals surface area (Å²) in [6, 6.07) is 18.4. The van der Waals surface area contributed by atoms with Crippen LogP contribution >= 0.6 is 11.6 Å². The van der Waals surface area contributed by atoms with Crippen molar-refractivity contribution in [2.75, 3.05) is 17.7 Å². The maximum atomic E-state index is 12.7. The van der Waals surface area contributed by atoms with Gasteiger partial charge in [-0.2, -0.15) is 0 Å². The SMILES string of the molecule is COc1ccc(-c2ccccc2)cc1N(Cc1cc(C)cc(Cl)c1O)S(C)(=O)=O. The highest BCUT2D eigenvalue weighted by Crippen LogP contribution is 2.37. The third-order valence-corrected chi connectivity index (χ3v) is 5.97. The number of halogens is 1. The van der Waals surface area contributed by atoms with Gasteiger partial charge in [0.1, 0.15) is 11.5 Å². The summed E-state index contributed by atoms with van der Waals surface area (Å²) in [5.41, 5.74) is 3.41. The van der Waals surface area contributed by atoms with Crippen LogP contribution in [0.3, 0.4) is 0 Å². The molecule has 29 heavy (non-hydrogen) atoms. The molecule has 0 heterocycles. The van der Waals surface area contributed by atoms with Crippen LogP contribution in [0.25, 0.3) is 11.1 Å². The van der Waals surface area contributed by atoms with Crippen molar-refractivity contribution in [2.45, 2.75) is 13.5 Å². The number of hydrogen-bond donors (Lipinski definition) is 1. The van der Waals surface area contributed by atoms with Crippen LogP contribution in [0, 0.1) is 6.92 Å². The fourth-order valence-electron chi connectivity index (χ4n) is 3.16. The van der Waals surface area contributed by atoms with E-state index >= 15 is 0 Å². The normalized spacial score (nSPS) is 11.3. The quantitative estimate of drug-likeness (QED) is 0.596. The molecule has 3 aromatic carbocycles. The molecule has 0 unspecified atom stereocenters. The molecule has 7 heteroatoms. The van der Waals surface area contributed by atoms with Gasteiger partial charge < -0.3 is 9.84 Å². The summed E-state index contributed by atoms with van der Waals surface area (Å²) < 4.78 is 32.0. The molecule has 0 aliphatic heterocycles. The number of rotatable bonds is 6. The molecule has 0 radical (unpaired) electrons. The number of methoxy groups -OCH3 is 1. The Bertz CT molecular complexity index is 1130. The number of anilines is 1. The van der Waals surface area contributed by atoms with Crippen molar-refractivity contribution in [3.05, 3.63) is 76.8 Å². The maximum absolute atomic E-state index is 12.7. The predicted octanol–water partition coefficient (Wildman–Crippen LogP) is 5.00. The molecule has 3 aromatic rings. The number of benzene rings is 3. The zero-order valence-electron chi connectivity index (χ0n) is 16.4. The second-order valence-corrected chi connectivity index (χ2v) is 9.09. The van der Waals surface area contributed by atoms with Crippen molar-refractivity contribution in [2.24, 2.45) is 0 Å². The Balaban J connectivity index is 2.15. The van der Waals surface area contributed by atoms with Gasteiger partial charge in [-0.15, -0.1) is 0 Å². The second kappa shape index (κ2) is 8.35. The van der Waals surface area contributed by atoms with Gasteiger partial charge in [0.15, 0.2) is 0 Å². The highest BCUT2D eigenvalue weighted by Gasteiger charge is 2.24. The van der Waals surface area contributed by atoms with Gasteiger partial charge in [0.25, 0.3) is 0 Å². The van der Waals surface area contributed by atoms with Crippen molar-refractivity contribution >= 4 is 27.3 Å². The van der Waals surface area contributed by atoms with Crippen LogP contribution in [0.15, 0.2) is 60.7 Å². The molecule has 0 amide bonds. The number of phenols is 1. The average Bonchev–Trinajstić information content (AvgIpc) is 2.69. The fraction of sp³-hybridized carbons (Fsp3) is 0.182. The second-order valence-electron chi connectivity index (χ2n) is 6.78. The van der Waals surface area contributed by atoms with Gasteiger partial charge in [0.2, 0.25) is 10.0 Å². The van der Waals surface area contributed by atoms with Crippen molar-refractivity contribution in [1.29, 1.82) is 0 Å². The molecule has 0 saturated heterocycles. The van der Waals surface area contributed by atoms with Gasteiger partial charge in [0.05, 0.1) is 30.6 Å². The Morgan fingerprint density at radius 3 is 2.34 bits per heavy atom. The molecule has 152 valence electrons. The highest BCUT2D eigenvalue weighted by atomic mass is 35.5. The third kappa shape index (κ3) is 4.66. The Morgan fingerprint density at radius 2 is 1.72 bits per heavy atom. The first-order valence-corrected chi connectivity index (χ1v) is 11.1. The van der Waals surface area contributed by atoms with Crippen LogP contribution in [0.1, 0.15) is 11.1 Å². The molecule has 3 rings (SSSR count). The van der Waals surface area contributed by atoms with Crippen LogP contribution < -0.4 is 9.04 Å². The van der Waals surface area contributed by atoms with Crippen molar-refractivity contribution in [1.82, 2.24) is 0 Å². The number of ether oxygens (including phenoxy) is 1. The molecule has 0 aliphatic carbocycles. The summed E-state index contributed by atoms with van der Waals surface area (Å²) in [5, 5.41) is 10.5. The molecule has 0 atom stereocenters. The molecule has 1 N–H and O–H groups in total. The Kier molecular flexibility index (Phi) is 6.05. The largest absolute Gasteiger partial charge is 0.506 e. The lowest BCUT2D eigenvalue weighted by Gasteiger charge is -2.25. The van der Waals surface area contributed by atoms with Crippen molar-refractivity contribution in [3.63, 3.8) is 0 Å². The Morgan fingerprint density at radius 1 is 1.03 bits per heavy atom. The van der Waals surface area contributed by atoms with Gasteiger partial charge in [-0.05, 0) is 41.8 Å². The van der Waals surface area contributed by atoms with E-state index in [0.717, 1.165) is 22.9 Å². The van der Waals surface area contributed by atoms with E-state index in [1.807, 2.05) is 43.3 Å². The van der Waals surface area contributed by atoms with Crippen LogP contribution in [0.5, 0.6) is 11.5 Å². The van der Waals surface area contributed by atoms with Gasteiger partial charge in [-0.3, -0.25) is 4.31 Å². The minimum Gasteiger partial charge on any atom is -0.506 e. The summed E-state index contributed by atoms with van der Waals surface area (Å²) in [5.74, 6) is 0.275. The molecular weight excluding hydrogens is 410 g/mol. The molecule has 0 bridgehead atoms. The smallest absolute Gasteiger partial charge is 0.232 e. The zero-order chi connectivity index (χ0) is 21.2. The molecule has 0 saturated carbocycles. The van der Waals surface area contributed by atoms with E-state index in [1.54, 1.807) is 24.3 Å². The summed E-state index contributed by atoms with van der Waals surface area (Å²) in [6.45, 7) is 1.75. The van der Waals surface area contributed by atoms with E-state index in [9.17, 15) is 13.5 Å². The van der Waals surface area contributed by atoms with E-state index in [1.165, 1.54) is 11.4 Å². The maximum Gasteiger partial charge on any atom is 0.232 e. The van der Waals surface area contributed by atoms with Crippen molar-refractivity contribution in [3.8, 4) is 22.6 Å². The standard InChI is InChI=1S/C22H22ClNO4S/c1-15-11-18(22(25)19(23)12-15)14-24(29(3,26)27)20-13-17(9-10-21(20)28-2)16-7-5-4-6-8-16/h4-13,25H,14H2,1-3H3. The molecule has 0 spiro atoms. The first kappa shape index (κ1) is 21.0. The first-order valence-electron chi connectivity index (χ1n) is 8.90. The zero-order valence-corrected chi connectivity index (χ0v) is 18.0. The predicted molar refractivity (Wildman–Crippen MR) is 117 cm³/mol. The number of nitrogens with zero attached hydrogens (tertiary/aromatic N) is 1. The number of aromatic hydroxyl groups is 1. The lowest BCUT2D eigenvalue weighted by Crippen LogP contribution is -2.29. The first-order chi connectivity index (χ1) is 13.7. The molecule has 0 aromatic heterocycles. The third-order valence-electron chi connectivity index (χ3n) is 4.56. The minimum atomic E-state index is -3.69. The highest BCUT2D eigenvalue weighted by molar-refractivity contribution is 7.92. The summed E-state index contributed by atoms with van der Waals surface area (Å²) in [4.78, 5) is 0. The van der Waals surface area contributed by atoms with Crippen LogP contribution in [-0.4, -0.2) is 26.9 Å². The van der Waals surface area contributed by atoms with Gasteiger partial charge in [-0.25, -0.2) is 8.42 Å². The number of sulfonamides is 1. The van der Waals surface area contributed by atoms with E-state index < -0.39 is 10.0 Å². The lowest BCUT2D eigenvalue weighted by molar-refractivity contribution is 0.415. The lowest BCUT2D eigenvalue weighted by atomic mass is 10.0.